The van der Waals surface area contributed by atoms with Gasteiger partial charge in [-0.15, -0.1) is 11.3 Å². The third-order valence-electron chi connectivity index (χ3n) is 2.06. The third kappa shape index (κ3) is 3.00. The first-order valence-electron chi connectivity index (χ1n) is 5.11. The highest BCUT2D eigenvalue weighted by atomic mass is 32.1. The molecule has 0 fully saturated rings. The lowest BCUT2D eigenvalue weighted by molar-refractivity contribution is 0.180. The van der Waals surface area contributed by atoms with Gasteiger partial charge in [-0.1, -0.05) is 20.8 Å². The van der Waals surface area contributed by atoms with Crippen LogP contribution in [0.1, 0.15) is 49.3 Å². The quantitative estimate of drug-likeness (QED) is 0.865. The molecule has 1 atom stereocenters. The van der Waals surface area contributed by atoms with E-state index in [-0.39, 0.29) is 11.5 Å². The second-order valence-corrected chi connectivity index (χ2v) is 5.83. The van der Waals surface area contributed by atoms with Crippen LogP contribution in [0.25, 0.3) is 0 Å². The minimum atomic E-state index is 0.0312. The first-order valence-corrected chi connectivity index (χ1v) is 5.92. The molecular formula is C11H20N2OS. The van der Waals surface area contributed by atoms with Crippen molar-refractivity contribution in [1.82, 2.24) is 4.98 Å². The van der Waals surface area contributed by atoms with Crippen LogP contribution in [0.15, 0.2) is 0 Å². The maximum atomic E-state index is 5.92. The van der Waals surface area contributed by atoms with Crippen molar-refractivity contribution in [2.45, 2.75) is 45.8 Å². The lowest BCUT2D eigenvalue weighted by atomic mass is 9.98. The molecule has 0 amide bonds. The monoisotopic (exact) mass is 228 g/mol. The lowest BCUT2D eigenvalue weighted by Crippen LogP contribution is -2.10. The summed E-state index contributed by atoms with van der Waals surface area (Å²) in [6, 6.07) is 0.0312. The first kappa shape index (κ1) is 12.6. The molecule has 1 heterocycles. The van der Waals surface area contributed by atoms with Crippen LogP contribution in [-0.4, -0.2) is 12.1 Å². The SMILES string of the molecule is COCc1nc(C(C)(C)C)sc1C(C)N. The summed E-state index contributed by atoms with van der Waals surface area (Å²) in [4.78, 5) is 5.75. The second-order valence-electron chi connectivity index (χ2n) is 4.80. The molecule has 0 aliphatic carbocycles. The fraction of sp³-hybridized carbons (Fsp3) is 0.727. The Kier molecular flexibility index (Phi) is 3.87. The molecule has 1 aromatic rings. The molecule has 1 rings (SSSR count). The maximum absolute atomic E-state index is 5.92. The molecule has 15 heavy (non-hydrogen) atoms. The van der Waals surface area contributed by atoms with Crippen LogP contribution < -0.4 is 5.73 Å². The van der Waals surface area contributed by atoms with Gasteiger partial charge < -0.3 is 10.5 Å². The Morgan fingerprint density at radius 2 is 2.07 bits per heavy atom. The predicted molar refractivity (Wildman–Crippen MR) is 64.1 cm³/mol. The first-order chi connectivity index (χ1) is 6.86. The largest absolute Gasteiger partial charge is 0.378 e. The van der Waals surface area contributed by atoms with Crippen molar-refractivity contribution in [1.29, 1.82) is 0 Å². The van der Waals surface area contributed by atoms with E-state index in [2.05, 4.69) is 25.8 Å². The highest BCUT2D eigenvalue weighted by molar-refractivity contribution is 7.12. The minimum Gasteiger partial charge on any atom is -0.378 e. The van der Waals surface area contributed by atoms with Crippen molar-refractivity contribution in [3.05, 3.63) is 15.6 Å². The summed E-state index contributed by atoms with van der Waals surface area (Å²) in [5.41, 5.74) is 6.99. The summed E-state index contributed by atoms with van der Waals surface area (Å²) in [5, 5.41) is 1.13. The summed E-state index contributed by atoms with van der Waals surface area (Å²) in [6.45, 7) is 9.01. The number of nitrogens with two attached hydrogens (primary N) is 1. The molecule has 0 saturated heterocycles. The Hall–Kier alpha value is -0.450. The van der Waals surface area contributed by atoms with E-state index in [0.717, 1.165) is 15.6 Å². The highest BCUT2D eigenvalue weighted by Gasteiger charge is 2.22. The van der Waals surface area contributed by atoms with Gasteiger partial charge in [-0.05, 0) is 6.92 Å². The Morgan fingerprint density at radius 3 is 2.47 bits per heavy atom. The van der Waals surface area contributed by atoms with Gasteiger partial charge in [0.1, 0.15) is 0 Å². The number of thiazole rings is 1. The standard InChI is InChI=1S/C11H20N2OS/c1-7(12)9-8(6-14-5)13-10(15-9)11(2,3)4/h7H,6,12H2,1-5H3. The fourth-order valence-corrected chi connectivity index (χ4v) is 2.36. The Balaban J connectivity index is 3.09. The summed E-state index contributed by atoms with van der Waals surface area (Å²) in [6.07, 6.45) is 0. The highest BCUT2D eigenvalue weighted by Crippen LogP contribution is 2.32. The molecule has 0 spiro atoms. The van der Waals surface area contributed by atoms with Crippen molar-refractivity contribution in [2.75, 3.05) is 7.11 Å². The van der Waals surface area contributed by atoms with E-state index in [1.54, 1.807) is 18.4 Å². The molecule has 0 bridgehead atoms. The average Bonchev–Trinajstić information content (AvgIpc) is 2.48. The van der Waals surface area contributed by atoms with E-state index >= 15 is 0 Å². The van der Waals surface area contributed by atoms with Gasteiger partial charge in [-0.2, -0.15) is 0 Å². The van der Waals surface area contributed by atoms with Gasteiger partial charge in [0, 0.05) is 23.4 Å². The lowest BCUT2D eigenvalue weighted by Gasteiger charge is -2.13. The molecule has 0 saturated carbocycles. The smallest absolute Gasteiger partial charge is 0.0986 e. The molecule has 1 unspecified atom stereocenters. The third-order valence-corrected chi connectivity index (χ3v) is 3.79. The van der Waals surface area contributed by atoms with E-state index in [0.29, 0.717) is 6.61 Å². The number of hydrogen-bond acceptors (Lipinski definition) is 4. The van der Waals surface area contributed by atoms with Crippen LogP contribution in [0.3, 0.4) is 0 Å². The Labute approximate surface area is 95.7 Å². The molecule has 0 aliphatic heterocycles. The molecule has 1 aromatic heterocycles. The van der Waals surface area contributed by atoms with Crippen LogP contribution in [-0.2, 0) is 16.8 Å². The maximum Gasteiger partial charge on any atom is 0.0986 e. The summed E-state index contributed by atoms with van der Waals surface area (Å²) in [7, 11) is 1.68. The predicted octanol–water partition coefficient (Wildman–Crippen LogP) is 2.61. The fourth-order valence-electron chi connectivity index (χ4n) is 1.28. The summed E-state index contributed by atoms with van der Waals surface area (Å²) in [5.74, 6) is 0. The van der Waals surface area contributed by atoms with E-state index in [9.17, 15) is 0 Å². The number of hydrogen-bond donors (Lipinski definition) is 1. The average molecular weight is 228 g/mol. The molecule has 0 radical (unpaired) electrons. The van der Waals surface area contributed by atoms with Gasteiger partial charge in [0.2, 0.25) is 0 Å². The molecule has 86 valence electrons. The van der Waals surface area contributed by atoms with Crippen molar-refractivity contribution in [2.24, 2.45) is 5.73 Å². The van der Waals surface area contributed by atoms with Crippen molar-refractivity contribution in [3.8, 4) is 0 Å². The Bertz CT molecular complexity index is 326. The molecule has 3 nitrogen and oxygen atoms in total. The van der Waals surface area contributed by atoms with Crippen LogP contribution in [0.4, 0.5) is 0 Å². The molecule has 0 aromatic carbocycles. The summed E-state index contributed by atoms with van der Waals surface area (Å²) >= 11 is 1.70. The second kappa shape index (κ2) is 4.60. The zero-order valence-electron chi connectivity index (χ0n) is 10.1. The Morgan fingerprint density at radius 1 is 1.47 bits per heavy atom. The molecule has 0 aliphatic rings. The normalized spacial score (nSPS) is 14.3. The van der Waals surface area contributed by atoms with E-state index in [1.165, 1.54) is 0 Å². The molecule has 2 N–H and O–H groups in total. The van der Waals surface area contributed by atoms with E-state index in [4.69, 9.17) is 10.5 Å². The van der Waals surface area contributed by atoms with Gasteiger partial charge in [0.05, 0.1) is 17.3 Å². The van der Waals surface area contributed by atoms with Crippen molar-refractivity contribution >= 4 is 11.3 Å². The van der Waals surface area contributed by atoms with Gasteiger partial charge in [-0.25, -0.2) is 4.98 Å². The van der Waals surface area contributed by atoms with Crippen molar-refractivity contribution in [3.63, 3.8) is 0 Å². The molecular weight excluding hydrogens is 208 g/mol. The van der Waals surface area contributed by atoms with E-state index in [1.807, 2.05) is 6.92 Å². The zero-order chi connectivity index (χ0) is 11.6. The van der Waals surface area contributed by atoms with Crippen LogP contribution in [0, 0.1) is 0 Å². The van der Waals surface area contributed by atoms with Gasteiger partial charge >= 0.3 is 0 Å². The molecule has 4 heteroatoms. The number of methoxy groups -OCH3 is 1. The van der Waals surface area contributed by atoms with Gasteiger partial charge in [0.25, 0.3) is 0 Å². The number of rotatable bonds is 3. The zero-order valence-corrected chi connectivity index (χ0v) is 10.9. The van der Waals surface area contributed by atoms with Gasteiger partial charge in [-0.3, -0.25) is 0 Å². The van der Waals surface area contributed by atoms with Crippen LogP contribution in [0.2, 0.25) is 0 Å². The van der Waals surface area contributed by atoms with Crippen LogP contribution >= 0.6 is 11.3 Å². The van der Waals surface area contributed by atoms with Crippen LogP contribution in [0.5, 0.6) is 0 Å². The van der Waals surface area contributed by atoms with Crippen molar-refractivity contribution < 1.29 is 4.74 Å². The number of aromatic nitrogens is 1. The van der Waals surface area contributed by atoms with Gasteiger partial charge in [0.15, 0.2) is 0 Å². The minimum absolute atomic E-state index is 0.0312. The van der Waals surface area contributed by atoms with E-state index < -0.39 is 0 Å². The number of nitrogens with zero attached hydrogens (tertiary/aromatic N) is 1. The summed E-state index contributed by atoms with van der Waals surface area (Å²) < 4.78 is 5.13. The topological polar surface area (TPSA) is 48.1 Å². The number of ether oxygens (including phenoxy) is 1.